The van der Waals surface area contributed by atoms with Crippen LogP contribution in [0.1, 0.15) is 18.1 Å². The molecule has 0 bridgehead atoms. The summed E-state index contributed by atoms with van der Waals surface area (Å²) in [7, 11) is -1.39. The van der Waals surface area contributed by atoms with Gasteiger partial charge in [0.05, 0.1) is 39.6 Å². The third-order valence-electron chi connectivity index (χ3n) is 3.38. The van der Waals surface area contributed by atoms with Gasteiger partial charge in [0.15, 0.2) is 0 Å². The number of hydrogen-bond acceptors (Lipinski definition) is 9. The Labute approximate surface area is 191 Å². The molecule has 11 heteroatoms. The van der Waals surface area contributed by atoms with Crippen LogP contribution in [0.5, 0.6) is 5.75 Å². The highest BCUT2D eigenvalue weighted by Crippen LogP contribution is 2.11. The molecule has 0 saturated carbocycles. The Morgan fingerprint density at radius 1 is 0.719 bits per heavy atom. The van der Waals surface area contributed by atoms with Gasteiger partial charge >= 0.3 is 5.97 Å². The van der Waals surface area contributed by atoms with Crippen LogP contribution in [-0.2, 0) is 38.1 Å². The molecule has 2 aromatic rings. The van der Waals surface area contributed by atoms with Gasteiger partial charge in [-0.2, -0.15) is 16.8 Å². The summed E-state index contributed by atoms with van der Waals surface area (Å²) in [5, 5.41) is 0. The Hall–Kier alpha value is -2.47. The molecule has 2 aromatic carbocycles. The van der Waals surface area contributed by atoms with Gasteiger partial charge in [-0.25, -0.2) is 0 Å². The number of rotatable bonds is 4. The Kier molecular flexibility index (Phi) is 16.1. The van der Waals surface area contributed by atoms with Gasteiger partial charge in [-0.1, -0.05) is 35.4 Å². The normalized spacial score (nSPS) is 10.1. The zero-order valence-corrected chi connectivity index (χ0v) is 21.2. The third-order valence-corrected chi connectivity index (χ3v) is 5.27. The van der Waals surface area contributed by atoms with Crippen molar-refractivity contribution in [1.82, 2.24) is 0 Å². The van der Waals surface area contributed by atoms with Crippen molar-refractivity contribution in [2.24, 2.45) is 0 Å². The van der Waals surface area contributed by atoms with Crippen molar-refractivity contribution in [2.45, 2.75) is 25.7 Å². The summed E-state index contributed by atoms with van der Waals surface area (Å²) in [5.41, 5.74) is 2.28. The second-order valence-corrected chi connectivity index (χ2v) is 9.47. The van der Waals surface area contributed by atoms with E-state index < -0.39 is 20.2 Å². The van der Waals surface area contributed by atoms with E-state index in [1.807, 2.05) is 31.2 Å². The maximum absolute atomic E-state index is 11.1. The number of methoxy groups -OCH3 is 2. The maximum atomic E-state index is 11.1. The largest absolute Gasteiger partial charge is 0.497 e. The first kappa shape index (κ1) is 31.7. The van der Waals surface area contributed by atoms with E-state index in [1.54, 1.807) is 19.2 Å². The first-order valence-electron chi connectivity index (χ1n) is 9.00. The fourth-order valence-corrected chi connectivity index (χ4v) is 2.14. The summed E-state index contributed by atoms with van der Waals surface area (Å²) in [6.07, 6.45) is 0.993. The molecular formula is C21H32O9S2. The SMILES string of the molecule is COC(C)=O.COS(=O)(=O)c1ccc(C)cc1.COS(C)(=O)=O.COc1ccc(C)cc1. The van der Waals surface area contributed by atoms with Crippen LogP contribution < -0.4 is 4.74 Å². The highest BCUT2D eigenvalue weighted by molar-refractivity contribution is 7.86. The van der Waals surface area contributed by atoms with E-state index in [9.17, 15) is 21.6 Å². The molecule has 2 rings (SSSR count). The van der Waals surface area contributed by atoms with Gasteiger partial charge in [0.1, 0.15) is 5.75 Å². The van der Waals surface area contributed by atoms with Gasteiger partial charge in [0, 0.05) is 6.92 Å². The van der Waals surface area contributed by atoms with Crippen molar-refractivity contribution in [3.05, 3.63) is 59.7 Å². The van der Waals surface area contributed by atoms with Crippen molar-refractivity contribution in [3.63, 3.8) is 0 Å². The van der Waals surface area contributed by atoms with Gasteiger partial charge < -0.3 is 9.47 Å². The predicted molar refractivity (Wildman–Crippen MR) is 123 cm³/mol. The lowest BCUT2D eigenvalue weighted by atomic mass is 10.2. The predicted octanol–water partition coefficient (Wildman–Crippen LogP) is 3.11. The molecule has 0 saturated heterocycles. The quantitative estimate of drug-likeness (QED) is 0.468. The van der Waals surface area contributed by atoms with Crippen molar-refractivity contribution in [1.29, 1.82) is 0 Å². The molecule has 0 amide bonds. The Balaban J connectivity index is 0. The third kappa shape index (κ3) is 17.2. The minimum absolute atomic E-state index is 0.190. The molecule has 0 aliphatic heterocycles. The number of esters is 1. The van der Waals surface area contributed by atoms with Gasteiger partial charge in [-0.3, -0.25) is 13.2 Å². The van der Waals surface area contributed by atoms with Crippen LogP contribution in [-0.4, -0.2) is 57.5 Å². The summed E-state index contributed by atoms with van der Waals surface area (Å²) in [6, 6.07) is 14.5. The number of aryl methyl sites for hydroxylation is 2. The Morgan fingerprint density at radius 2 is 1.06 bits per heavy atom. The summed E-state index contributed by atoms with van der Waals surface area (Å²) >= 11 is 0. The number of ether oxygens (including phenoxy) is 2. The molecule has 0 N–H and O–H groups in total. The molecule has 0 atom stereocenters. The first-order chi connectivity index (χ1) is 14.7. The number of benzene rings is 2. The van der Waals surface area contributed by atoms with E-state index >= 15 is 0 Å². The van der Waals surface area contributed by atoms with Crippen molar-refractivity contribution >= 4 is 26.2 Å². The zero-order chi connectivity index (χ0) is 25.4. The topological polar surface area (TPSA) is 122 Å². The number of hydrogen-bond donors (Lipinski definition) is 0. The number of carbonyl (C=O) groups is 1. The van der Waals surface area contributed by atoms with E-state index in [-0.39, 0.29) is 10.9 Å². The summed E-state index contributed by atoms with van der Waals surface area (Å²) in [4.78, 5) is 9.78. The Bertz CT molecular complexity index is 981. The van der Waals surface area contributed by atoms with E-state index in [0.29, 0.717) is 0 Å². The summed E-state index contributed by atoms with van der Waals surface area (Å²) in [6.45, 7) is 5.31. The summed E-state index contributed by atoms with van der Waals surface area (Å²) < 4.78 is 59.1. The molecule has 0 aliphatic carbocycles. The molecule has 32 heavy (non-hydrogen) atoms. The fourth-order valence-electron chi connectivity index (χ4n) is 1.48. The molecule has 0 aromatic heterocycles. The van der Waals surface area contributed by atoms with Gasteiger partial charge in [-0.15, -0.1) is 0 Å². The molecule has 0 aliphatic rings. The average molecular weight is 493 g/mol. The highest BCUT2D eigenvalue weighted by Gasteiger charge is 2.11. The van der Waals surface area contributed by atoms with Crippen LogP contribution in [0.25, 0.3) is 0 Å². The van der Waals surface area contributed by atoms with Gasteiger partial charge in [-0.05, 0) is 38.1 Å². The van der Waals surface area contributed by atoms with Crippen molar-refractivity contribution < 1.29 is 39.5 Å². The lowest BCUT2D eigenvalue weighted by molar-refractivity contribution is -0.137. The fraction of sp³-hybridized carbons (Fsp3) is 0.381. The van der Waals surface area contributed by atoms with Crippen LogP contribution in [0.15, 0.2) is 53.4 Å². The molecule has 0 radical (unpaired) electrons. The molecule has 0 heterocycles. The van der Waals surface area contributed by atoms with Crippen LogP contribution in [0.3, 0.4) is 0 Å². The standard InChI is InChI=1S/C8H10O3S.C8H10O.C3H6O2.C2H6O3S/c1-7-3-5-8(6-4-7)12(9,10)11-2;1-7-3-5-8(9-2)6-4-7;1-3(4)5-2;1-5-6(2,3)4/h3-6H,1-2H3;3-6H,1-2H3;1-2H3;1-2H3. The molecular weight excluding hydrogens is 460 g/mol. The monoisotopic (exact) mass is 492 g/mol. The maximum Gasteiger partial charge on any atom is 0.302 e. The molecule has 9 nitrogen and oxygen atoms in total. The zero-order valence-electron chi connectivity index (χ0n) is 19.6. The molecule has 0 fully saturated rings. The van der Waals surface area contributed by atoms with Crippen molar-refractivity contribution in [2.75, 3.05) is 34.7 Å². The molecule has 182 valence electrons. The van der Waals surface area contributed by atoms with Gasteiger partial charge in [0.2, 0.25) is 0 Å². The van der Waals surface area contributed by atoms with Crippen LogP contribution in [0, 0.1) is 13.8 Å². The highest BCUT2D eigenvalue weighted by atomic mass is 32.2. The average Bonchev–Trinajstić information content (AvgIpc) is 2.75. The second kappa shape index (κ2) is 16.2. The van der Waals surface area contributed by atoms with E-state index in [1.165, 1.54) is 31.7 Å². The van der Waals surface area contributed by atoms with E-state index in [2.05, 4.69) is 20.0 Å². The number of carbonyl (C=O) groups excluding carboxylic acids is 1. The Morgan fingerprint density at radius 3 is 1.31 bits per heavy atom. The van der Waals surface area contributed by atoms with Crippen molar-refractivity contribution in [3.8, 4) is 5.75 Å². The lowest BCUT2D eigenvalue weighted by Gasteiger charge is -2.00. The second-order valence-electron chi connectivity index (χ2n) is 6.02. The minimum atomic E-state index is -3.51. The van der Waals surface area contributed by atoms with E-state index in [0.717, 1.165) is 31.8 Å². The smallest absolute Gasteiger partial charge is 0.302 e. The van der Waals surface area contributed by atoms with Crippen LogP contribution in [0.2, 0.25) is 0 Å². The lowest BCUT2D eigenvalue weighted by Crippen LogP contribution is -2.02. The molecule has 0 unspecified atom stereocenters. The van der Waals surface area contributed by atoms with E-state index in [4.69, 9.17) is 4.74 Å². The first-order valence-corrected chi connectivity index (χ1v) is 12.2. The van der Waals surface area contributed by atoms with Gasteiger partial charge in [0.25, 0.3) is 20.2 Å². The van der Waals surface area contributed by atoms with Crippen LogP contribution >= 0.6 is 0 Å². The van der Waals surface area contributed by atoms with Crippen LogP contribution in [0.4, 0.5) is 0 Å². The summed E-state index contributed by atoms with van der Waals surface area (Å²) in [5.74, 6) is 0.672. The minimum Gasteiger partial charge on any atom is -0.497 e. The molecule has 0 spiro atoms.